The highest BCUT2D eigenvalue weighted by Crippen LogP contribution is 2.18. The molecule has 30 heavy (non-hydrogen) atoms. The van der Waals surface area contributed by atoms with E-state index in [-0.39, 0.29) is 12.5 Å². The SMILES string of the molecule is O=C(NCC(O)CN1CCc2ccccc2C1)c1ccc(NC2CCNCC2)cc1. The van der Waals surface area contributed by atoms with Gasteiger partial charge in [-0.1, -0.05) is 24.3 Å². The zero-order chi connectivity index (χ0) is 20.8. The lowest BCUT2D eigenvalue weighted by atomic mass is 10.00. The highest BCUT2D eigenvalue weighted by Gasteiger charge is 2.19. The number of benzene rings is 2. The molecule has 2 aromatic rings. The lowest BCUT2D eigenvalue weighted by Gasteiger charge is -2.30. The second-order valence-corrected chi connectivity index (χ2v) is 8.36. The topological polar surface area (TPSA) is 76.6 Å². The Morgan fingerprint density at radius 3 is 2.60 bits per heavy atom. The molecule has 160 valence electrons. The number of rotatable bonds is 7. The molecule has 6 nitrogen and oxygen atoms in total. The molecule has 2 aliphatic rings. The molecule has 2 aliphatic heterocycles. The van der Waals surface area contributed by atoms with Gasteiger partial charge in [-0.15, -0.1) is 0 Å². The molecule has 0 saturated carbocycles. The summed E-state index contributed by atoms with van der Waals surface area (Å²) >= 11 is 0. The van der Waals surface area contributed by atoms with Crippen LogP contribution in [0.5, 0.6) is 0 Å². The van der Waals surface area contributed by atoms with Crippen molar-refractivity contribution in [3.05, 3.63) is 65.2 Å². The van der Waals surface area contributed by atoms with Crippen LogP contribution in [0, 0.1) is 0 Å². The Balaban J connectivity index is 1.21. The van der Waals surface area contributed by atoms with Crippen LogP contribution in [0.15, 0.2) is 48.5 Å². The number of anilines is 1. The Labute approximate surface area is 178 Å². The maximum absolute atomic E-state index is 12.4. The van der Waals surface area contributed by atoms with Gasteiger partial charge in [0.1, 0.15) is 0 Å². The predicted molar refractivity (Wildman–Crippen MR) is 120 cm³/mol. The number of carbonyl (C=O) groups is 1. The second kappa shape index (κ2) is 10.1. The van der Waals surface area contributed by atoms with Crippen molar-refractivity contribution in [1.82, 2.24) is 15.5 Å². The van der Waals surface area contributed by atoms with E-state index in [9.17, 15) is 9.90 Å². The molecule has 1 fully saturated rings. The van der Waals surface area contributed by atoms with Gasteiger partial charge in [0.25, 0.3) is 5.91 Å². The summed E-state index contributed by atoms with van der Waals surface area (Å²) < 4.78 is 0. The molecule has 0 radical (unpaired) electrons. The normalized spacial score (nSPS) is 18.4. The predicted octanol–water partition coefficient (Wildman–Crippen LogP) is 2.00. The molecule has 4 N–H and O–H groups in total. The third-order valence-electron chi connectivity index (χ3n) is 6.03. The number of nitrogens with one attached hydrogen (secondary N) is 3. The summed E-state index contributed by atoms with van der Waals surface area (Å²) in [6.45, 7) is 4.70. The van der Waals surface area contributed by atoms with Crippen LogP contribution in [-0.4, -0.2) is 60.8 Å². The minimum Gasteiger partial charge on any atom is -0.390 e. The maximum atomic E-state index is 12.4. The number of β-amino-alcohol motifs (C(OH)–C–C–N with tert-alkyl or cyclic N) is 1. The van der Waals surface area contributed by atoms with Gasteiger partial charge in [0.05, 0.1) is 6.10 Å². The number of fused-ring (bicyclic) bond motifs is 1. The third kappa shape index (κ3) is 5.59. The first kappa shape index (κ1) is 20.8. The smallest absolute Gasteiger partial charge is 0.251 e. The molecule has 1 unspecified atom stereocenters. The average Bonchev–Trinajstić information content (AvgIpc) is 2.78. The number of hydrogen-bond donors (Lipinski definition) is 4. The van der Waals surface area contributed by atoms with E-state index in [0.717, 1.165) is 51.1 Å². The highest BCUT2D eigenvalue weighted by atomic mass is 16.3. The molecule has 0 aliphatic carbocycles. The van der Waals surface area contributed by atoms with Crippen molar-refractivity contribution in [2.75, 3.05) is 38.0 Å². The van der Waals surface area contributed by atoms with E-state index < -0.39 is 6.10 Å². The Morgan fingerprint density at radius 1 is 1.10 bits per heavy atom. The van der Waals surface area contributed by atoms with Crippen LogP contribution >= 0.6 is 0 Å². The maximum Gasteiger partial charge on any atom is 0.251 e. The average molecular weight is 409 g/mol. The van der Waals surface area contributed by atoms with Gasteiger partial charge in [0, 0.05) is 43.5 Å². The van der Waals surface area contributed by atoms with Crippen LogP contribution in [-0.2, 0) is 13.0 Å². The highest BCUT2D eigenvalue weighted by molar-refractivity contribution is 5.94. The molecule has 0 bridgehead atoms. The molecule has 1 atom stereocenters. The number of carbonyl (C=O) groups excluding carboxylic acids is 1. The van der Waals surface area contributed by atoms with Gasteiger partial charge in [-0.25, -0.2) is 0 Å². The first-order chi connectivity index (χ1) is 14.7. The Bertz CT molecular complexity index is 833. The van der Waals surface area contributed by atoms with Gasteiger partial charge in [-0.05, 0) is 67.7 Å². The molecular formula is C24H32N4O2. The van der Waals surface area contributed by atoms with Gasteiger partial charge in [-0.3, -0.25) is 9.69 Å². The van der Waals surface area contributed by atoms with Gasteiger partial charge in [0.2, 0.25) is 0 Å². The monoisotopic (exact) mass is 408 g/mol. The standard InChI is InChI=1S/C24H32N4O2/c29-23(17-28-14-11-18-3-1-2-4-20(18)16-28)15-26-24(30)19-5-7-21(8-6-19)27-22-9-12-25-13-10-22/h1-8,22-23,25,27,29H,9-17H2,(H,26,30). The molecule has 0 aromatic heterocycles. The van der Waals surface area contributed by atoms with Crippen LogP contribution < -0.4 is 16.0 Å². The van der Waals surface area contributed by atoms with Crippen LogP contribution in [0.2, 0.25) is 0 Å². The number of amides is 1. The summed E-state index contributed by atoms with van der Waals surface area (Å²) in [6, 6.07) is 16.6. The molecule has 1 saturated heterocycles. The summed E-state index contributed by atoms with van der Waals surface area (Å²) in [5.74, 6) is -0.147. The Hall–Kier alpha value is -2.41. The van der Waals surface area contributed by atoms with Crippen molar-refractivity contribution >= 4 is 11.6 Å². The number of hydrogen-bond acceptors (Lipinski definition) is 5. The summed E-state index contributed by atoms with van der Waals surface area (Å²) in [5, 5.41) is 20.2. The first-order valence-electron chi connectivity index (χ1n) is 11.0. The van der Waals surface area contributed by atoms with E-state index in [1.54, 1.807) is 0 Å². The first-order valence-corrected chi connectivity index (χ1v) is 11.0. The molecule has 2 heterocycles. The van der Waals surface area contributed by atoms with E-state index in [2.05, 4.69) is 45.1 Å². The number of piperidine rings is 1. The summed E-state index contributed by atoms with van der Waals surface area (Å²) in [4.78, 5) is 14.7. The number of aliphatic hydroxyl groups is 1. The van der Waals surface area contributed by atoms with E-state index in [1.807, 2.05) is 24.3 Å². The largest absolute Gasteiger partial charge is 0.390 e. The molecular weight excluding hydrogens is 376 g/mol. The van der Waals surface area contributed by atoms with E-state index in [0.29, 0.717) is 18.2 Å². The zero-order valence-electron chi connectivity index (χ0n) is 17.4. The van der Waals surface area contributed by atoms with Crippen LogP contribution in [0.25, 0.3) is 0 Å². The fraction of sp³-hybridized carbons (Fsp3) is 0.458. The van der Waals surface area contributed by atoms with E-state index in [4.69, 9.17) is 0 Å². The minimum absolute atomic E-state index is 0.147. The molecule has 6 heteroatoms. The Kier molecular flexibility index (Phi) is 7.00. The Morgan fingerprint density at radius 2 is 1.83 bits per heavy atom. The van der Waals surface area contributed by atoms with Crippen molar-refractivity contribution in [3.63, 3.8) is 0 Å². The quantitative estimate of drug-likeness (QED) is 0.564. The fourth-order valence-corrected chi connectivity index (χ4v) is 4.30. The fourth-order valence-electron chi connectivity index (χ4n) is 4.30. The van der Waals surface area contributed by atoms with Crippen LogP contribution in [0.4, 0.5) is 5.69 Å². The minimum atomic E-state index is -0.583. The van der Waals surface area contributed by atoms with Crippen molar-refractivity contribution in [2.45, 2.75) is 38.0 Å². The second-order valence-electron chi connectivity index (χ2n) is 8.36. The van der Waals surface area contributed by atoms with Crippen molar-refractivity contribution in [2.24, 2.45) is 0 Å². The van der Waals surface area contributed by atoms with Crippen LogP contribution in [0.1, 0.15) is 34.3 Å². The van der Waals surface area contributed by atoms with Crippen molar-refractivity contribution < 1.29 is 9.90 Å². The summed E-state index contributed by atoms with van der Waals surface area (Å²) in [5.41, 5.74) is 4.39. The third-order valence-corrected chi connectivity index (χ3v) is 6.03. The van der Waals surface area contributed by atoms with Gasteiger partial charge in [0.15, 0.2) is 0 Å². The van der Waals surface area contributed by atoms with E-state index in [1.165, 1.54) is 11.1 Å². The van der Waals surface area contributed by atoms with Gasteiger partial charge < -0.3 is 21.1 Å². The lowest BCUT2D eigenvalue weighted by Crippen LogP contribution is -2.42. The van der Waals surface area contributed by atoms with E-state index >= 15 is 0 Å². The van der Waals surface area contributed by atoms with Crippen molar-refractivity contribution in [1.29, 1.82) is 0 Å². The molecule has 1 amide bonds. The van der Waals surface area contributed by atoms with Crippen molar-refractivity contribution in [3.8, 4) is 0 Å². The number of nitrogens with zero attached hydrogens (tertiary/aromatic N) is 1. The number of aliphatic hydroxyl groups excluding tert-OH is 1. The summed E-state index contributed by atoms with van der Waals surface area (Å²) in [6.07, 6.45) is 2.65. The van der Waals surface area contributed by atoms with Gasteiger partial charge in [-0.2, -0.15) is 0 Å². The molecule has 2 aromatic carbocycles. The zero-order valence-corrected chi connectivity index (χ0v) is 17.4. The summed E-state index contributed by atoms with van der Waals surface area (Å²) in [7, 11) is 0. The van der Waals surface area contributed by atoms with Gasteiger partial charge >= 0.3 is 0 Å². The lowest BCUT2D eigenvalue weighted by molar-refractivity contribution is 0.0842. The molecule has 4 rings (SSSR count). The van der Waals surface area contributed by atoms with Crippen LogP contribution in [0.3, 0.4) is 0 Å². The molecule has 0 spiro atoms.